The Labute approximate surface area is 182 Å². The van der Waals surface area contributed by atoms with Gasteiger partial charge in [0.15, 0.2) is 6.10 Å². The van der Waals surface area contributed by atoms with E-state index < -0.39 is 22.1 Å². The fourth-order valence-corrected chi connectivity index (χ4v) is 5.69. The topological polar surface area (TPSA) is 92.8 Å². The number of fused-ring (bicyclic) bond motifs is 1. The van der Waals surface area contributed by atoms with Crippen LogP contribution in [-0.4, -0.2) is 39.0 Å². The van der Waals surface area contributed by atoms with Crippen molar-refractivity contribution in [3.8, 4) is 0 Å². The van der Waals surface area contributed by atoms with Crippen molar-refractivity contribution in [1.82, 2.24) is 5.32 Å². The second-order valence-corrected chi connectivity index (χ2v) is 9.88. The predicted molar refractivity (Wildman–Crippen MR) is 116 cm³/mol. The number of para-hydroxylation sites is 1. The average molecular weight is 443 g/mol. The predicted octanol–water partition coefficient (Wildman–Crippen LogP) is 3.04. The summed E-state index contributed by atoms with van der Waals surface area (Å²) in [6.07, 6.45) is 3.73. The first-order valence-electron chi connectivity index (χ1n) is 10.6. The van der Waals surface area contributed by atoms with E-state index in [0.717, 1.165) is 31.2 Å². The van der Waals surface area contributed by atoms with Crippen molar-refractivity contribution in [1.29, 1.82) is 0 Å². The minimum Gasteiger partial charge on any atom is -0.449 e. The molecule has 0 saturated heterocycles. The smallest absolute Gasteiger partial charge is 0.338 e. The zero-order valence-corrected chi connectivity index (χ0v) is 18.2. The second kappa shape index (κ2) is 8.70. The molecule has 1 fully saturated rings. The summed E-state index contributed by atoms with van der Waals surface area (Å²) in [5.41, 5.74) is 1.73. The van der Waals surface area contributed by atoms with Gasteiger partial charge >= 0.3 is 5.97 Å². The molecule has 4 rings (SSSR count). The molecule has 0 spiro atoms. The van der Waals surface area contributed by atoms with Crippen LogP contribution in [0.15, 0.2) is 53.4 Å². The number of sulfonamides is 1. The van der Waals surface area contributed by atoms with E-state index in [4.69, 9.17) is 4.74 Å². The molecule has 1 heterocycles. The van der Waals surface area contributed by atoms with E-state index in [1.54, 1.807) is 12.1 Å². The molecule has 8 heteroatoms. The molecule has 7 nitrogen and oxygen atoms in total. The highest BCUT2D eigenvalue weighted by molar-refractivity contribution is 7.92. The summed E-state index contributed by atoms with van der Waals surface area (Å²) in [6.45, 7) is 1.87. The maximum atomic E-state index is 13.2. The van der Waals surface area contributed by atoms with Crippen LogP contribution < -0.4 is 9.62 Å². The number of ether oxygens (including phenoxy) is 1. The fraction of sp³-hybridized carbons (Fsp3) is 0.391. The largest absolute Gasteiger partial charge is 0.449 e. The Morgan fingerprint density at radius 2 is 1.84 bits per heavy atom. The first kappa shape index (κ1) is 21.4. The number of esters is 1. The van der Waals surface area contributed by atoms with E-state index in [0.29, 0.717) is 18.7 Å². The highest BCUT2D eigenvalue weighted by Gasteiger charge is 2.31. The molecule has 2 aliphatic rings. The highest BCUT2D eigenvalue weighted by Crippen LogP contribution is 2.32. The molecule has 1 N–H and O–H groups in total. The van der Waals surface area contributed by atoms with Crippen molar-refractivity contribution < 1.29 is 22.7 Å². The van der Waals surface area contributed by atoms with Crippen LogP contribution in [-0.2, 0) is 26.0 Å². The van der Waals surface area contributed by atoms with Gasteiger partial charge in [0.25, 0.3) is 15.9 Å². The normalized spacial score (nSPS) is 17.3. The maximum absolute atomic E-state index is 13.2. The van der Waals surface area contributed by atoms with E-state index in [1.807, 2.05) is 12.1 Å². The number of nitrogens with zero attached hydrogens (tertiary/aromatic N) is 1. The van der Waals surface area contributed by atoms with Crippen molar-refractivity contribution in [2.45, 2.75) is 56.1 Å². The first-order chi connectivity index (χ1) is 14.9. The van der Waals surface area contributed by atoms with Crippen molar-refractivity contribution in [2.75, 3.05) is 10.8 Å². The van der Waals surface area contributed by atoms with E-state index in [-0.39, 0.29) is 22.4 Å². The van der Waals surface area contributed by atoms with E-state index >= 15 is 0 Å². The minimum absolute atomic E-state index is 0.0155. The van der Waals surface area contributed by atoms with E-state index in [9.17, 15) is 18.0 Å². The van der Waals surface area contributed by atoms with Crippen LogP contribution in [0, 0.1) is 0 Å². The lowest BCUT2D eigenvalue weighted by molar-refractivity contribution is -0.129. The maximum Gasteiger partial charge on any atom is 0.338 e. The molecule has 164 valence electrons. The number of anilines is 1. The summed E-state index contributed by atoms with van der Waals surface area (Å²) < 4.78 is 33.1. The van der Waals surface area contributed by atoms with Crippen molar-refractivity contribution in [3.63, 3.8) is 0 Å². The third-order valence-electron chi connectivity index (χ3n) is 5.86. The van der Waals surface area contributed by atoms with Gasteiger partial charge in [-0.2, -0.15) is 0 Å². The van der Waals surface area contributed by atoms with Crippen LogP contribution in [0.4, 0.5) is 5.69 Å². The molecular formula is C23H26N2O5S. The number of benzene rings is 2. The Hall–Kier alpha value is -2.87. The molecule has 1 saturated carbocycles. The molecule has 0 aromatic heterocycles. The molecule has 2 aromatic rings. The van der Waals surface area contributed by atoms with Crippen LogP contribution in [0.25, 0.3) is 0 Å². The third kappa shape index (κ3) is 4.44. The Bertz CT molecular complexity index is 1090. The quantitative estimate of drug-likeness (QED) is 0.694. The Morgan fingerprint density at radius 3 is 2.61 bits per heavy atom. The van der Waals surface area contributed by atoms with E-state index in [2.05, 4.69) is 5.32 Å². The van der Waals surface area contributed by atoms with Gasteiger partial charge in [-0.15, -0.1) is 0 Å². The molecular weight excluding hydrogens is 416 g/mol. The second-order valence-electron chi connectivity index (χ2n) is 8.02. The van der Waals surface area contributed by atoms with Crippen LogP contribution in [0.2, 0.25) is 0 Å². The van der Waals surface area contributed by atoms with Gasteiger partial charge in [0.2, 0.25) is 0 Å². The van der Waals surface area contributed by atoms with Gasteiger partial charge in [0.1, 0.15) is 0 Å². The number of hydrogen-bond acceptors (Lipinski definition) is 5. The van der Waals surface area contributed by atoms with Gasteiger partial charge in [0, 0.05) is 12.6 Å². The minimum atomic E-state index is -3.82. The van der Waals surface area contributed by atoms with Gasteiger partial charge in [-0.1, -0.05) is 37.1 Å². The number of amides is 1. The summed E-state index contributed by atoms with van der Waals surface area (Å²) in [5, 5.41) is 2.90. The molecule has 0 radical (unpaired) electrons. The summed E-state index contributed by atoms with van der Waals surface area (Å²) in [5.74, 6) is -1.06. The Balaban J connectivity index is 1.47. The zero-order valence-electron chi connectivity index (χ0n) is 17.4. The van der Waals surface area contributed by atoms with Crippen molar-refractivity contribution in [3.05, 3.63) is 59.7 Å². The molecule has 2 aromatic carbocycles. The molecule has 1 aliphatic heterocycles. The van der Waals surface area contributed by atoms with Gasteiger partial charge in [0.05, 0.1) is 16.1 Å². The van der Waals surface area contributed by atoms with Crippen LogP contribution in [0.5, 0.6) is 0 Å². The number of rotatable bonds is 6. The number of hydrogen-bond donors (Lipinski definition) is 1. The summed E-state index contributed by atoms with van der Waals surface area (Å²) in [7, 11) is -3.82. The number of nitrogens with one attached hydrogen (secondary N) is 1. The van der Waals surface area contributed by atoms with Crippen molar-refractivity contribution >= 4 is 27.6 Å². The standard InChI is InChI=1S/C23H26N2O5S/c1-16(22(26)24-19-9-3-4-10-19)30-23(27)18-8-6-11-20(15-18)31(28,29)25-14-13-17-7-2-5-12-21(17)25/h2,5-8,11-12,15-16,19H,3-4,9-10,13-14H2,1H3,(H,24,26)/t16-/m0/s1. The first-order valence-corrected chi connectivity index (χ1v) is 12.0. The fourth-order valence-electron chi connectivity index (χ4n) is 4.14. The number of carbonyl (C=O) groups excluding carboxylic acids is 2. The van der Waals surface area contributed by atoms with Gasteiger partial charge in [-0.05, 0) is 56.0 Å². The average Bonchev–Trinajstić information content (AvgIpc) is 3.43. The summed E-state index contributed by atoms with van der Waals surface area (Å²) in [6, 6.07) is 13.3. The molecule has 1 aliphatic carbocycles. The number of carbonyl (C=O) groups is 2. The molecule has 1 atom stereocenters. The Morgan fingerprint density at radius 1 is 1.10 bits per heavy atom. The van der Waals surface area contributed by atoms with E-state index in [1.165, 1.54) is 35.5 Å². The van der Waals surface area contributed by atoms with Crippen LogP contribution in [0.1, 0.15) is 48.5 Å². The lowest BCUT2D eigenvalue weighted by atomic mass is 10.2. The Kier molecular flexibility index (Phi) is 6.00. The molecule has 31 heavy (non-hydrogen) atoms. The molecule has 1 amide bonds. The van der Waals surface area contributed by atoms with Gasteiger partial charge < -0.3 is 10.1 Å². The zero-order chi connectivity index (χ0) is 22.0. The third-order valence-corrected chi connectivity index (χ3v) is 7.67. The molecule has 0 unspecified atom stereocenters. The molecule has 0 bridgehead atoms. The van der Waals surface area contributed by atoms with Gasteiger partial charge in [-0.25, -0.2) is 13.2 Å². The summed E-state index contributed by atoms with van der Waals surface area (Å²) in [4.78, 5) is 24.9. The SMILES string of the molecule is C[C@H](OC(=O)c1cccc(S(=O)(=O)N2CCc3ccccc32)c1)C(=O)NC1CCCC1. The lowest BCUT2D eigenvalue weighted by Gasteiger charge is -2.20. The highest BCUT2D eigenvalue weighted by atomic mass is 32.2. The monoisotopic (exact) mass is 442 g/mol. The summed E-state index contributed by atoms with van der Waals surface area (Å²) >= 11 is 0. The van der Waals surface area contributed by atoms with Crippen LogP contribution in [0.3, 0.4) is 0 Å². The van der Waals surface area contributed by atoms with Crippen molar-refractivity contribution in [2.24, 2.45) is 0 Å². The lowest BCUT2D eigenvalue weighted by Crippen LogP contribution is -2.40. The van der Waals surface area contributed by atoms with Crippen LogP contribution >= 0.6 is 0 Å². The van der Waals surface area contributed by atoms with Gasteiger partial charge in [-0.3, -0.25) is 9.10 Å².